The zero-order chi connectivity index (χ0) is 16.2. The Morgan fingerprint density at radius 2 is 1.91 bits per heavy atom. The second-order valence-corrected chi connectivity index (χ2v) is 7.90. The summed E-state index contributed by atoms with van der Waals surface area (Å²) in [6, 6.07) is 5.40. The number of rotatable bonds is 4. The molecule has 126 valence electrons. The van der Waals surface area contributed by atoms with E-state index in [2.05, 4.69) is 19.1 Å². The second kappa shape index (κ2) is 7.83. The van der Waals surface area contributed by atoms with E-state index in [9.17, 15) is 4.39 Å². The molecule has 0 amide bonds. The van der Waals surface area contributed by atoms with Crippen LogP contribution >= 0.6 is 11.6 Å². The molecular formula is C21H28ClF. The molecule has 0 nitrogen and oxygen atoms in total. The highest BCUT2D eigenvalue weighted by molar-refractivity contribution is 6.30. The van der Waals surface area contributed by atoms with Crippen molar-refractivity contribution in [1.82, 2.24) is 0 Å². The molecule has 23 heavy (non-hydrogen) atoms. The predicted octanol–water partition coefficient (Wildman–Crippen LogP) is 7.14. The number of halogens is 2. The van der Waals surface area contributed by atoms with E-state index < -0.39 is 0 Å². The third kappa shape index (κ3) is 4.18. The van der Waals surface area contributed by atoms with Crippen LogP contribution in [0.2, 0.25) is 5.02 Å². The van der Waals surface area contributed by atoms with Crippen LogP contribution in [-0.4, -0.2) is 0 Å². The predicted molar refractivity (Wildman–Crippen MR) is 96.4 cm³/mol. The van der Waals surface area contributed by atoms with Gasteiger partial charge in [-0.25, -0.2) is 4.39 Å². The number of fused-ring (bicyclic) bond motifs is 1. The van der Waals surface area contributed by atoms with E-state index in [0.717, 1.165) is 23.3 Å². The van der Waals surface area contributed by atoms with Gasteiger partial charge in [0.25, 0.3) is 0 Å². The SMILES string of the molecule is CCCC=C[C@@H]1CC[C@@H]2CC(c3ccc(Cl)c(F)c3)CC[C@@H]2C1. The molecule has 1 unspecified atom stereocenters. The molecule has 1 aromatic rings. The maximum absolute atomic E-state index is 13.7. The van der Waals surface area contributed by atoms with E-state index in [0.29, 0.717) is 5.92 Å². The Bertz CT molecular complexity index is 551. The fraction of sp³-hybridized carbons (Fsp3) is 0.619. The van der Waals surface area contributed by atoms with Crippen LogP contribution < -0.4 is 0 Å². The molecule has 0 spiro atoms. The van der Waals surface area contributed by atoms with Crippen LogP contribution in [0.1, 0.15) is 69.8 Å². The number of hydrogen-bond donors (Lipinski definition) is 0. The third-order valence-corrected chi connectivity index (χ3v) is 6.24. The first-order valence-electron chi connectivity index (χ1n) is 9.29. The highest BCUT2D eigenvalue weighted by Crippen LogP contribution is 2.48. The Labute approximate surface area is 145 Å². The first-order chi connectivity index (χ1) is 11.2. The van der Waals surface area contributed by atoms with Gasteiger partial charge in [-0.1, -0.05) is 43.2 Å². The van der Waals surface area contributed by atoms with E-state index >= 15 is 0 Å². The Balaban J connectivity index is 1.59. The van der Waals surface area contributed by atoms with Crippen LogP contribution in [0.15, 0.2) is 30.4 Å². The van der Waals surface area contributed by atoms with E-state index in [1.807, 2.05) is 6.07 Å². The fourth-order valence-electron chi connectivity index (χ4n) is 4.62. The number of unbranched alkanes of at least 4 members (excludes halogenated alkanes) is 1. The van der Waals surface area contributed by atoms with Gasteiger partial charge in [-0.2, -0.15) is 0 Å². The molecule has 0 heterocycles. The highest BCUT2D eigenvalue weighted by atomic mass is 35.5. The highest BCUT2D eigenvalue weighted by Gasteiger charge is 2.35. The largest absolute Gasteiger partial charge is 0.205 e. The zero-order valence-corrected chi connectivity index (χ0v) is 14.9. The summed E-state index contributed by atoms with van der Waals surface area (Å²) in [6.07, 6.45) is 15.1. The van der Waals surface area contributed by atoms with Gasteiger partial charge in [0.1, 0.15) is 5.82 Å². The van der Waals surface area contributed by atoms with Gasteiger partial charge in [-0.3, -0.25) is 0 Å². The molecule has 2 heteroatoms. The normalized spacial score (nSPS) is 31.3. The van der Waals surface area contributed by atoms with Gasteiger partial charge in [-0.05, 0) is 86.3 Å². The van der Waals surface area contributed by atoms with Gasteiger partial charge in [0, 0.05) is 0 Å². The van der Waals surface area contributed by atoms with Gasteiger partial charge in [0.2, 0.25) is 0 Å². The lowest BCUT2D eigenvalue weighted by atomic mass is 9.64. The van der Waals surface area contributed by atoms with Gasteiger partial charge >= 0.3 is 0 Å². The minimum Gasteiger partial charge on any atom is -0.205 e. The summed E-state index contributed by atoms with van der Waals surface area (Å²) < 4.78 is 13.7. The molecule has 0 bridgehead atoms. The van der Waals surface area contributed by atoms with E-state index in [-0.39, 0.29) is 10.8 Å². The smallest absolute Gasteiger partial charge is 0.142 e. The van der Waals surface area contributed by atoms with Crippen LogP contribution in [0.5, 0.6) is 0 Å². The van der Waals surface area contributed by atoms with Crippen LogP contribution in [0.3, 0.4) is 0 Å². The monoisotopic (exact) mass is 334 g/mol. The number of allylic oxidation sites excluding steroid dienone is 2. The molecule has 3 rings (SSSR count). The second-order valence-electron chi connectivity index (χ2n) is 7.49. The fourth-order valence-corrected chi connectivity index (χ4v) is 4.74. The standard InChI is InChI=1S/C21H28ClF/c1-2-3-4-5-15-6-7-17-13-18(9-8-16(17)12-15)19-10-11-20(22)21(23)14-19/h4-5,10-11,14-18H,2-3,6-9,12-13H2,1H3/t15-,16-,17-,18?/m1/s1. The lowest BCUT2D eigenvalue weighted by Crippen LogP contribution is -2.30. The maximum Gasteiger partial charge on any atom is 0.142 e. The molecule has 2 fully saturated rings. The first kappa shape index (κ1) is 17.0. The molecular weight excluding hydrogens is 307 g/mol. The van der Waals surface area contributed by atoms with Gasteiger partial charge in [0.05, 0.1) is 5.02 Å². The molecule has 0 aromatic heterocycles. The van der Waals surface area contributed by atoms with Gasteiger partial charge in [0.15, 0.2) is 0 Å². The van der Waals surface area contributed by atoms with Crippen molar-refractivity contribution in [2.75, 3.05) is 0 Å². The molecule has 4 atom stereocenters. The average molecular weight is 335 g/mol. The van der Waals surface area contributed by atoms with Gasteiger partial charge < -0.3 is 0 Å². The lowest BCUT2D eigenvalue weighted by molar-refractivity contribution is 0.133. The van der Waals surface area contributed by atoms with Gasteiger partial charge in [-0.15, -0.1) is 0 Å². The van der Waals surface area contributed by atoms with Crippen LogP contribution in [0, 0.1) is 23.6 Å². The summed E-state index contributed by atoms with van der Waals surface area (Å²) in [5.41, 5.74) is 1.15. The van der Waals surface area contributed by atoms with E-state index in [1.54, 1.807) is 12.1 Å². The molecule has 0 radical (unpaired) electrons. The van der Waals surface area contributed by atoms with Crippen molar-refractivity contribution in [1.29, 1.82) is 0 Å². The molecule has 0 aliphatic heterocycles. The molecule has 2 aliphatic rings. The van der Waals surface area contributed by atoms with Crippen molar-refractivity contribution < 1.29 is 4.39 Å². The Hall–Kier alpha value is -0.820. The van der Waals surface area contributed by atoms with Crippen molar-refractivity contribution >= 4 is 11.6 Å². The summed E-state index contributed by atoms with van der Waals surface area (Å²) in [7, 11) is 0. The van der Waals surface area contributed by atoms with Crippen molar-refractivity contribution in [3.8, 4) is 0 Å². The van der Waals surface area contributed by atoms with Crippen molar-refractivity contribution in [3.05, 3.63) is 46.8 Å². The maximum atomic E-state index is 13.7. The van der Waals surface area contributed by atoms with Crippen molar-refractivity contribution in [3.63, 3.8) is 0 Å². The molecule has 2 aliphatic carbocycles. The van der Waals surface area contributed by atoms with Crippen LogP contribution in [-0.2, 0) is 0 Å². The Morgan fingerprint density at radius 3 is 2.70 bits per heavy atom. The van der Waals surface area contributed by atoms with Crippen molar-refractivity contribution in [2.45, 2.75) is 64.2 Å². The summed E-state index contributed by atoms with van der Waals surface area (Å²) in [4.78, 5) is 0. The minimum atomic E-state index is -0.268. The number of benzene rings is 1. The topological polar surface area (TPSA) is 0 Å². The molecule has 0 N–H and O–H groups in total. The molecule has 1 aromatic carbocycles. The zero-order valence-electron chi connectivity index (χ0n) is 14.1. The summed E-state index contributed by atoms with van der Waals surface area (Å²) in [6.45, 7) is 2.24. The lowest BCUT2D eigenvalue weighted by Gasteiger charge is -2.41. The van der Waals surface area contributed by atoms with Crippen LogP contribution in [0.25, 0.3) is 0 Å². The average Bonchev–Trinajstić information content (AvgIpc) is 2.57. The Kier molecular flexibility index (Phi) is 5.80. The first-order valence-corrected chi connectivity index (χ1v) is 9.66. The third-order valence-electron chi connectivity index (χ3n) is 5.93. The van der Waals surface area contributed by atoms with E-state index in [4.69, 9.17) is 11.6 Å². The summed E-state index contributed by atoms with van der Waals surface area (Å²) >= 11 is 5.82. The molecule has 2 saturated carbocycles. The van der Waals surface area contributed by atoms with Crippen molar-refractivity contribution in [2.24, 2.45) is 17.8 Å². The quantitative estimate of drug-likeness (QED) is 0.513. The van der Waals surface area contributed by atoms with Crippen LogP contribution in [0.4, 0.5) is 4.39 Å². The molecule has 0 saturated heterocycles. The summed E-state index contributed by atoms with van der Waals surface area (Å²) in [5, 5.41) is 0.238. The number of hydrogen-bond acceptors (Lipinski definition) is 0. The Morgan fingerprint density at radius 1 is 1.13 bits per heavy atom. The summed E-state index contributed by atoms with van der Waals surface area (Å²) in [5.74, 6) is 2.77. The minimum absolute atomic E-state index is 0.238. The van der Waals surface area contributed by atoms with E-state index in [1.165, 1.54) is 51.4 Å².